The molecular formula is C106H152. The molecule has 8 fully saturated rings. The summed E-state index contributed by atoms with van der Waals surface area (Å²) in [6.07, 6.45) is 31.5. The van der Waals surface area contributed by atoms with E-state index in [2.05, 4.69) is 300 Å². The summed E-state index contributed by atoms with van der Waals surface area (Å²) in [7, 11) is 0. The lowest BCUT2D eigenvalue weighted by molar-refractivity contribution is -0.00279. The lowest BCUT2D eigenvalue weighted by atomic mass is 9.50. The number of hydrogen-bond acceptors (Lipinski definition) is 0. The van der Waals surface area contributed by atoms with Crippen molar-refractivity contribution in [1.82, 2.24) is 0 Å². The minimum Gasteiger partial charge on any atom is -0.0776 e. The molecule has 576 valence electrons. The van der Waals surface area contributed by atoms with Crippen LogP contribution in [-0.4, -0.2) is 0 Å². The molecule has 0 N–H and O–H groups in total. The van der Waals surface area contributed by atoms with Gasteiger partial charge in [0.25, 0.3) is 0 Å². The lowest BCUT2D eigenvalue weighted by Gasteiger charge is -2.54. The average molecular weight is 1430 g/mol. The molecule has 0 atom stereocenters. The van der Waals surface area contributed by atoms with E-state index in [4.69, 9.17) is 0 Å². The van der Waals surface area contributed by atoms with Gasteiger partial charge in [0.05, 0.1) is 0 Å². The number of rotatable bonds is 7. The molecule has 0 saturated heterocycles. The molecule has 0 aromatic heterocycles. The number of benzene rings is 8. The van der Waals surface area contributed by atoms with E-state index in [1.54, 1.807) is 34.2 Å². The molecule has 16 rings (SSSR count). The van der Waals surface area contributed by atoms with E-state index in [0.717, 1.165) is 59.7 Å². The molecule has 4 bridgehead atoms. The predicted octanol–water partition coefficient (Wildman–Crippen LogP) is 31.8. The second-order valence-corrected chi connectivity index (χ2v) is 36.0. The molecule has 8 aromatic rings. The summed E-state index contributed by atoms with van der Waals surface area (Å²) >= 11 is 0. The van der Waals surface area contributed by atoms with Crippen LogP contribution < -0.4 is 0 Å². The van der Waals surface area contributed by atoms with Crippen LogP contribution >= 0.6 is 0 Å². The highest BCUT2D eigenvalue weighted by molar-refractivity contribution is 5.43. The number of hydrogen-bond donors (Lipinski definition) is 0. The number of aryl methyl sites for hydroxylation is 12. The van der Waals surface area contributed by atoms with Gasteiger partial charge in [0.2, 0.25) is 0 Å². The Morgan fingerprint density at radius 2 is 0.670 bits per heavy atom. The highest BCUT2D eigenvalue weighted by Gasteiger charge is 2.48. The van der Waals surface area contributed by atoms with Crippen LogP contribution in [0.1, 0.15) is 364 Å². The fourth-order valence-electron chi connectivity index (χ4n) is 19.3. The summed E-state index contributed by atoms with van der Waals surface area (Å²) in [5.74, 6) is 9.21. The first-order valence-electron chi connectivity index (χ1n) is 42.5. The van der Waals surface area contributed by atoms with Gasteiger partial charge < -0.3 is 0 Å². The van der Waals surface area contributed by atoms with Crippen molar-refractivity contribution in [2.75, 3.05) is 0 Å². The Hall–Kier alpha value is -6.24. The average Bonchev–Trinajstić information content (AvgIpc) is 0.767. The molecule has 0 aliphatic heterocycles. The van der Waals surface area contributed by atoms with E-state index in [-0.39, 0.29) is 12.8 Å². The molecule has 8 saturated carbocycles. The Balaban J connectivity index is 0.000000170. The first-order chi connectivity index (χ1) is 49.9. The van der Waals surface area contributed by atoms with Crippen molar-refractivity contribution in [1.29, 1.82) is 0 Å². The van der Waals surface area contributed by atoms with Gasteiger partial charge in [-0.25, -0.2) is 0 Å². The van der Waals surface area contributed by atoms with Crippen LogP contribution in [0.2, 0.25) is 0 Å². The smallest absolute Gasteiger partial charge is 0.0105 e. The van der Waals surface area contributed by atoms with Crippen LogP contribution in [0.3, 0.4) is 0 Å². The third-order valence-electron chi connectivity index (χ3n) is 27.4. The van der Waals surface area contributed by atoms with Gasteiger partial charge in [-0.3, -0.25) is 0 Å². The van der Waals surface area contributed by atoms with E-state index in [9.17, 15) is 0 Å². The zero-order valence-electron chi connectivity index (χ0n) is 71.5. The molecule has 106 heavy (non-hydrogen) atoms. The Labute approximate surface area is 653 Å². The van der Waals surface area contributed by atoms with E-state index in [1.165, 1.54) is 245 Å². The molecule has 0 heterocycles. The van der Waals surface area contributed by atoms with Gasteiger partial charge in [0, 0.05) is 0 Å². The van der Waals surface area contributed by atoms with Crippen molar-refractivity contribution in [3.05, 3.63) is 278 Å². The van der Waals surface area contributed by atoms with Gasteiger partial charge in [0.15, 0.2) is 0 Å². The molecule has 0 radical (unpaired) electrons. The van der Waals surface area contributed by atoms with Crippen molar-refractivity contribution in [3.63, 3.8) is 0 Å². The van der Waals surface area contributed by atoms with Crippen LogP contribution in [-0.2, 0) is 11.8 Å². The molecule has 8 aliphatic carbocycles. The molecule has 8 aliphatic rings. The molecule has 0 nitrogen and oxygen atoms in total. The van der Waals surface area contributed by atoms with Crippen molar-refractivity contribution in [2.24, 2.45) is 23.7 Å². The van der Waals surface area contributed by atoms with Gasteiger partial charge in [-0.2, -0.15) is 0 Å². The molecule has 0 unspecified atom stereocenters. The van der Waals surface area contributed by atoms with Crippen LogP contribution in [0.15, 0.2) is 133 Å². The SMILES string of the molecule is C.CCc1cccc(C)c1C.Cc1cc(C2CCCC2)cc(C)c1C.Cc1cc(C2CCCCC2)cc(C)c1C.Cc1ccc(C2C3CC4CC(C3)CC2C4)cc1C.Cc1cccc(C(C)(C)C)c1C.Cc1cccc(C(C)C)c1C.Cc1cccc(C2CCC2)c1C.Cc1cccc(C2CCCC2)c1C. The minimum absolute atomic E-state index is 0. The van der Waals surface area contributed by atoms with Gasteiger partial charge in [-0.15, -0.1) is 0 Å². The van der Waals surface area contributed by atoms with E-state index >= 15 is 0 Å². The lowest BCUT2D eigenvalue weighted by Crippen LogP contribution is -2.43. The van der Waals surface area contributed by atoms with Gasteiger partial charge in [0.1, 0.15) is 0 Å². The standard InChI is InChI=1S/C18H24.C15H22.C14H20.C13H18.C12H16.C12H18.C11H16.C10H14.CH4/c1-11-3-4-15(5-12(11)2)18-16-7-13-6-14(9-16)10-17(18)8-13;1-11-9-15(10-12(2)13(11)3)14-7-5-4-6-8-14;1-10-8-14(9-11(2)12(10)3)13-6-4-5-7-13;1-10-6-5-9-13(11(10)2)12-7-3-4-8-12;1-9-5-3-8-12(10(9)2)11-6-4-7-11;1-9-7-6-8-11(10(9)2)12(3,4)5;1-8(2)11-7-5-6-9(3)10(11)4;1-4-10-7-5-6-8(2)9(10)3;/h3-5,13-14,16-18H,6-10H2,1-2H3;9-10,14H,4-8H2,1-3H3;8-9,13H,4-7H2,1-3H3;5-6,9,12H,3-4,7-8H2,1-2H3;3,5,8,11H,4,6-7H2,1-2H3;6-8H,1-5H3;5-8H,1-4H3;5-7H,4H2,1-3H3;1H4. The zero-order valence-corrected chi connectivity index (χ0v) is 71.5. The van der Waals surface area contributed by atoms with Crippen molar-refractivity contribution in [3.8, 4) is 0 Å². The summed E-state index contributed by atoms with van der Waals surface area (Å²) in [5, 5.41) is 0. The largest absolute Gasteiger partial charge is 0.0776 e. The maximum absolute atomic E-state index is 2.49. The third-order valence-corrected chi connectivity index (χ3v) is 27.4. The summed E-state index contributed by atoms with van der Waals surface area (Å²) in [6, 6.07) is 49.9. The summed E-state index contributed by atoms with van der Waals surface area (Å²) in [5.41, 5.74) is 38.9. The topological polar surface area (TPSA) is 0 Å². The second-order valence-electron chi connectivity index (χ2n) is 36.0. The van der Waals surface area contributed by atoms with Gasteiger partial charge in [-0.1, -0.05) is 234 Å². The van der Waals surface area contributed by atoms with Crippen LogP contribution in [0.4, 0.5) is 0 Å². The fraction of sp³-hybridized carbons (Fsp3) is 0.547. The second kappa shape index (κ2) is 41.0. The van der Waals surface area contributed by atoms with Crippen molar-refractivity contribution >= 4 is 0 Å². The summed E-state index contributed by atoms with van der Waals surface area (Å²) in [4.78, 5) is 0. The normalized spacial score (nSPS) is 19.5. The third kappa shape index (κ3) is 23.6. The maximum atomic E-state index is 2.49. The molecule has 8 aromatic carbocycles. The maximum Gasteiger partial charge on any atom is -0.0105 e. The van der Waals surface area contributed by atoms with Crippen LogP contribution in [0, 0.1) is 148 Å². The Morgan fingerprint density at radius 3 is 1.04 bits per heavy atom. The zero-order chi connectivity index (χ0) is 76.4. The fourth-order valence-corrected chi connectivity index (χ4v) is 19.3. The van der Waals surface area contributed by atoms with E-state index < -0.39 is 0 Å². The predicted molar refractivity (Wildman–Crippen MR) is 470 cm³/mol. The quantitative estimate of drug-likeness (QED) is 0.149. The van der Waals surface area contributed by atoms with Crippen molar-refractivity contribution < 1.29 is 0 Å². The molecule has 0 heteroatoms. The minimum atomic E-state index is 0. The highest BCUT2D eigenvalue weighted by atomic mass is 14.5. The van der Waals surface area contributed by atoms with E-state index in [0.29, 0.717) is 5.92 Å². The summed E-state index contributed by atoms with van der Waals surface area (Å²) < 4.78 is 0. The van der Waals surface area contributed by atoms with Crippen LogP contribution in [0.5, 0.6) is 0 Å². The highest BCUT2D eigenvalue weighted by Crippen LogP contribution is 2.60. The van der Waals surface area contributed by atoms with E-state index in [1.807, 2.05) is 0 Å². The molecular weight excluding hydrogens is 1270 g/mol. The Bertz CT molecular complexity index is 3950. The van der Waals surface area contributed by atoms with Gasteiger partial charge >= 0.3 is 0 Å². The first-order valence-corrected chi connectivity index (χ1v) is 42.5. The Kier molecular flexibility index (Phi) is 33.6. The Morgan fingerprint density at radius 1 is 0.311 bits per heavy atom. The molecule has 0 amide bonds. The molecule has 0 spiro atoms. The van der Waals surface area contributed by atoms with Gasteiger partial charge in [-0.05, 0) is 424 Å². The van der Waals surface area contributed by atoms with Crippen LogP contribution in [0.25, 0.3) is 0 Å². The summed E-state index contributed by atoms with van der Waals surface area (Å²) in [6.45, 7) is 53.4. The van der Waals surface area contributed by atoms with Crippen molar-refractivity contribution in [2.45, 2.75) is 356 Å². The first kappa shape index (κ1) is 87.0. The monoisotopic (exact) mass is 1430 g/mol.